The number of nitrogens with two attached hydrogens (primary N) is 1. The molecule has 1 aromatic carbocycles. The molecule has 0 amide bonds. The van der Waals surface area contributed by atoms with Gasteiger partial charge in [-0.1, -0.05) is 29.3 Å². The van der Waals surface area contributed by atoms with Crippen LogP contribution in [-0.4, -0.2) is 0 Å². The van der Waals surface area contributed by atoms with Crippen LogP contribution in [0.5, 0.6) is 0 Å². The molecule has 92 valence electrons. The summed E-state index contributed by atoms with van der Waals surface area (Å²) in [5.41, 5.74) is 5.71. The van der Waals surface area contributed by atoms with Gasteiger partial charge in [-0.3, -0.25) is 0 Å². The average Bonchev–Trinajstić information content (AvgIpc) is 2.41. The van der Waals surface area contributed by atoms with Gasteiger partial charge in [0.05, 0.1) is 21.3 Å². The molecule has 0 spiro atoms. The van der Waals surface area contributed by atoms with E-state index in [2.05, 4.69) is 0 Å². The van der Waals surface area contributed by atoms with Crippen LogP contribution >= 0.6 is 23.2 Å². The minimum Gasteiger partial charge on any atom is -0.396 e. The lowest BCUT2D eigenvalue weighted by Crippen LogP contribution is -2.03. The minimum atomic E-state index is -0.312. The quantitative estimate of drug-likeness (QED) is 0.667. The Balaban J connectivity index is 3.33. The monoisotopic (exact) mass is 288 g/mol. The van der Waals surface area contributed by atoms with E-state index in [-0.39, 0.29) is 16.8 Å². The van der Waals surface area contributed by atoms with Crippen LogP contribution in [0.2, 0.25) is 10.0 Å². The molecule has 6 heteroatoms. The maximum Gasteiger partial charge on any atom is 0.153 e. The molecule has 0 aromatic heterocycles. The predicted octanol–water partition coefficient (Wildman–Crippen LogP) is 3.16. The van der Waals surface area contributed by atoms with Gasteiger partial charge in [0.25, 0.3) is 0 Å². The molecule has 1 aromatic rings. The summed E-state index contributed by atoms with van der Waals surface area (Å²) in [4.78, 5) is 0. The summed E-state index contributed by atoms with van der Waals surface area (Å²) < 4.78 is 0. The highest BCUT2D eigenvalue weighted by Gasteiger charge is 2.08. The van der Waals surface area contributed by atoms with Crippen LogP contribution < -0.4 is 5.73 Å². The molecule has 0 aliphatic heterocycles. The van der Waals surface area contributed by atoms with Gasteiger partial charge in [-0.25, -0.2) is 0 Å². The third-order valence-electron chi connectivity index (χ3n) is 2.16. The molecule has 0 aliphatic carbocycles. The number of nitriles is 3. The van der Waals surface area contributed by atoms with Crippen molar-refractivity contribution in [3.05, 3.63) is 50.7 Å². The Bertz CT molecular complexity index is 681. The molecular weight excluding hydrogens is 283 g/mol. The maximum absolute atomic E-state index is 9.01. The zero-order valence-corrected chi connectivity index (χ0v) is 11.0. The Morgan fingerprint density at radius 2 is 1.68 bits per heavy atom. The van der Waals surface area contributed by atoms with Gasteiger partial charge in [-0.15, -0.1) is 0 Å². The summed E-state index contributed by atoms with van der Waals surface area (Å²) in [6.45, 7) is 0. The summed E-state index contributed by atoms with van der Waals surface area (Å²) in [5, 5.41) is 27.1. The van der Waals surface area contributed by atoms with Crippen LogP contribution in [0.1, 0.15) is 5.56 Å². The van der Waals surface area contributed by atoms with Gasteiger partial charge >= 0.3 is 0 Å². The first-order valence-electron chi connectivity index (χ1n) is 4.90. The second-order valence-corrected chi connectivity index (χ2v) is 4.17. The predicted molar refractivity (Wildman–Crippen MR) is 72.5 cm³/mol. The molecule has 0 saturated carbocycles. The Labute approximate surface area is 120 Å². The smallest absolute Gasteiger partial charge is 0.153 e. The Morgan fingerprint density at radius 1 is 1.05 bits per heavy atom. The van der Waals surface area contributed by atoms with E-state index in [9.17, 15) is 0 Å². The van der Waals surface area contributed by atoms with Gasteiger partial charge in [-0.05, 0) is 23.8 Å². The highest BCUT2D eigenvalue weighted by atomic mass is 35.5. The van der Waals surface area contributed by atoms with E-state index in [4.69, 9.17) is 44.7 Å². The second kappa shape index (κ2) is 6.47. The molecule has 19 heavy (non-hydrogen) atoms. The van der Waals surface area contributed by atoms with Crippen molar-refractivity contribution in [1.82, 2.24) is 0 Å². The molecule has 0 saturated heterocycles. The summed E-state index contributed by atoms with van der Waals surface area (Å²) in [6.07, 6.45) is 1.42. The molecule has 0 unspecified atom stereocenters. The van der Waals surface area contributed by atoms with Crippen molar-refractivity contribution in [1.29, 1.82) is 15.8 Å². The van der Waals surface area contributed by atoms with Gasteiger partial charge in [0.15, 0.2) is 5.57 Å². The number of nitrogens with zero attached hydrogens (tertiary/aromatic N) is 3. The highest BCUT2D eigenvalue weighted by molar-refractivity contribution is 6.42. The fourth-order valence-electron chi connectivity index (χ4n) is 1.22. The first kappa shape index (κ1) is 14.6. The largest absolute Gasteiger partial charge is 0.396 e. The molecular formula is C13H6Cl2N4. The van der Waals surface area contributed by atoms with E-state index in [1.807, 2.05) is 6.07 Å². The summed E-state index contributed by atoms with van der Waals surface area (Å²) in [5.74, 6) is 0. The van der Waals surface area contributed by atoms with Crippen LogP contribution in [0.3, 0.4) is 0 Å². The lowest BCUT2D eigenvalue weighted by Gasteiger charge is -2.01. The zero-order chi connectivity index (χ0) is 14.4. The van der Waals surface area contributed by atoms with Gasteiger partial charge < -0.3 is 5.73 Å². The third kappa shape index (κ3) is 3.50. The lowest BCUT2D eigenvalue weighted by atomic mass is 10.1. The first-order valence-corrected chi connectivity index (χ1v) is 5.66. The molecule has 0 atom stereocenters. The van der Waals surface area contributed by atoms with E-state index >= 15 is 0 Å². The van der Waals surface area contributed by atoms with Crippen molar-refractivity contribution in [3.8, 4) is 18.2 Å². The van der Waals surface area contributed by atoms with Crippen LogP contribution in [-0.2, 0) is 0 Å². The zero-order valence-electron chi connectivity index (χ0n) is 9.48. The molecule has 2 N–H and O–H groups in total. The number of hydrogen-bond acceptors (Lipinski definition) is 4. The van der Waals surface area contributed by atoms with Crippen LogP contribution in [0.4, 0.5) is 0 Å². The number of halogens is 2. The number of allylic oxidation sites excluding steroid dienone is 2. The number of hydrogen-bond donors (Lipinski definition) is 1. The van der Waals surface area contributed by atoms with E-state index in [1.165, 1.54) is 6.08 Å². The molecule has 0 radical (unpaired) electrons. The van der Waals surface area contributed by atoms with Crippen molar-refractivity contribution in [2.45, 2.75) is 0 Å². The summed E-state index contributed by atoms with van der Waals surface area (Å²) in [6, 6.07) is 9.84. The molecule has 0 aliphatic rings. The number of rotatable bonds is 2. The van der Waals surface area contributed by atoms with E-state index in [1.54, 1.807) is 30.3 Å². The summed E-state index contributed by atoms with van der Waals surface area (Å²) in [7, 11) is 0. The van der Waals surface area contributed by atoms with Gasteiger partial charge in [0, 0.05) is 0 Å². The van der Waals surface area contributed by atoms with Gasteiger partial charge in [0.2, 0.25) is 0 Å². The van der Waals surface area contributed by atoms with Gasteiger partial charge in [0.1, 0.15) is 18.2 Å². The van der Waals surface area contributed by atoms with Gasteiger partial charge in [-0.2, -0.15) is 15.8 Å². The fraction of sp³-hybridized carbons (Fsp3) is 0. The molecule has 0 heterocycles. The molecule has 0 fully saturated rings. The molecule has 1 rings (SSSR count). The fourth-order valence-corrected chi connectivity index (χ4v) is 1.53. The molecule has 4 nitrogen and oxygen atoms in total. The van der Waals surface area contributed by atoms with Crippen molar-refractivity contribution in [2.24, 2.45) is 5.73 Å². The Hall–Kier alpha value is -2.45. The number of benzene rings is 1. The maximum atomic E-state index is 9.01. The standard InChI is InChI=1S/C13H6Cl2N4/c14-11-2-1-8(4-12(11)15)3-9(5-16)13(19)10(6-17)7-18/h1-4H,19H2. The van der Waals surface area contributed by atoms with E-state index in [0.29, 0.717) is 15.6 Å². The average molecular weight is 289 g/mol. The molecule has 0 bridgehead atoms. The van der Waals surface area contributed by atoms with Crippen molar-refractivity contribution >= 4 is 29.3 Å². The van der Waals surface area contributed by atoms with E-state index < -0.39 is 0 Å². The summed E-state index contributed by atoms with van der Waals surface area (Å²) >= 11 is 11.6. The van der Waals surface area contributed by atoms with Crippen molar-refractivity contribution in [2.75, 3.05) is 0 Å². The normalized spacial score (nSPS) is 9.95. The lowest BCUT2D eigenvalue weighted by molar-refractivity contribution is 1.31. The van der Waals surface area contributed by atoms with Crippen molar-refractivity contribution < 1.29 is 0 Å². The topological polar surface area (TPSA) is 97.4 Å². The third-order valence-corrected chi connectivity index (χ3v) is 2.90. The highest BCUT2D eigenvalue weighted by Crippen LogP contribution is 2.24. The SMILES string of the molecule is N#CC(=Cc1ccc(Cl)c(Cl)c1)C(N)=C(C#N)C#N. The Morgan fingerprint density at radius 3 is 2.16 bits per heavy atom. The van der Waals surface area contributed by atoms with Crippen LogP contribution in [0, 0.1) is 34.0 Å². The van der Waals surface area contributed by atoms with Crippen LogP contribution in [0.25, 0.3) is 6.08 Å². The van der Waals surface area contributed by atoms with Crippen LogP contribution in [0.15, 0.2) is 35.0 Å². The minimum absolute atomic E-state index is 0.0106. The first-order chi connectivity index (χ1) is 9.03. The second-order valence-electron chi connectivity index (χ2n) is 3.36. The van der Waals surface area contributed by atoms with Crippen molar-refractivity contribution in [3.63, 3.8) is 0 Å². The Kier molecular flexibility index (Phi) is 4.98. The van der Waals surface area contributed by atoms with E-state index in [0.717, 1.165) is 0 Å².